The molecule has 6 heteroatoms. The van der Waals surface area contributed by atoms with Crippen molar-refractivity contribution in [2.24, 2.45) is 11.8 Å². The minimum Gasteiger partial charge on any atom is -0.341 e. The second-order valence-corrected chi connectivity index (χ2v) is 12.3. The van der Waals surface area contributed by atoms with Crippen LogP contribution in [0.5, 0.6) is 0 Å². The van der Waals surface area contributed by atoms with E-state index in [0.717, 1.165) is 63.0 Å². The summed E-state index contributed by atoms with van der Waals surface area (Å²) in [7, 11) is 3.86. The number of carbonyl (C=O) groups is 2. The summed E-state index contributed by atoms with van der Waals surface area (Å²) in [4.78, 5) is 36.1. The Morgan fingerprint density at radius 3 is 1.55 bits per heavy atom. The smallest absolute Gasteiger partial charge is 0.227 e. The van der Waals surface area contributed by atoms with Crippen LogP contribution in [0, 0.1) is 18.8 Å². The number of benzene rings is 3. The Morgan fingerprint density at radius 1 is 0.690 bits per heavy atom. The molecule has 5 rings (SSSR count). The standard InChI is InChI=1S/C36H46N4O2/c1-28-18-20-31(21-19-28)34(39-22-10-16-32(26-39)35(41)37(2)24-29-12-6-4-7-13-29)40-23-11-17-33(27-40)36(42)38(3)25-30-14-8-5-9-15-30/h4-9,12-15,18-21,32-34H,10-11,16-17,22-27H2,1-3H3. The van der Waals surface area contributed by atoms with E-state index < -0.39 is 0 Å². The first kappa shape index (κ1) is 30.0. The number of rotatable bonds is 9. The molecule has 0 bridgehead atoms. The van der Waals surface area contributed by atoms with Gasteiger partial charge in [-0.25, -0.2) is 0 Å². The van der Waals surface area contributed by atoms with Gasteiger partial charge in [-0.05, 0) is 49.3 Å². The lowest BCUT2D eigenvalue weighted by molar-refractivity contribution is -0.139. The Labute approximate surface area is 251 Å². The summed E-state index contributed by atoms with van der Waals surface area (Å²) >= 11 is 0. The van der Waals surface area contributed by atoms with E-state index in [-0.39, 0.29) is 29.8 Å². The highest BCUT2D eigenvalue weighted by atomic mass is 16.2. The molecular formula is C36H46N4O2. The van der Waals surface area contributed by atoms with Crippen molar-refractivity contribution in [1.82, 2.24) is 19.6 Å². The zero-order valence-corrected chi connectivity index (χ0v) is 25.5. The van der Waals surface area contributed by atoms with Crippen molar-refractivity contribution in [2.75, 3.05) is 40.3 Å². The van der Waals surface area contributed by atoms with Gasteiger partial charge in [0, 0.05) is 53.4 Å². The molecule has 222 valence electrons. The molecule has 0 radical (unpaired) electrons. The topological polar surface area (TPSA) is 47.1 Å². The molecule has 0 N–H and O–H groups in total. The fourth-order valence-electron chi connectivity index (χ4n) is 6.75. The maximum absolute atomic E-state index is 13.6. The van der Waals surface area contributed by atoms with Gasteiger partial charge in [0.15, 0.2) is 0 Å². The zero-order chi connectivity index (χ0) is 29.5. The summed E-state index contributed by atoms with van der Waals surface area (Å²) in [6.45, 7) is 6.75. The second-order valence-electron chi connectivity index (χ2n) is 12.3. The summed E-state index contributed by atoms with van der Waals surface area (Å²) in [6, 6.07) is 29.3. The fraction of sp³-hybridized carbons (Fsp3) is 0.444. The third-order valence-electron chi connectivity index (χ3n) is 8.95. The molecule has 2 aliphatic heterocycles. The molecule has 0 saturated carbocycles. The van der Waals surface area contributed by atoms with E-state index in [1.54, 1.807) is 0 Å². The Balaban J connectivity index is 1.31. The summed E-state index contributed by atoms with van der Waals surface area (Å²) < 4.78 is 0. The first-order chi connectivity index (χ1) is 20.4. The lowest BCUT2D eigenvalue weighted by Crippen LogP contribution is -2.52. The average Bonchev–Trinajstić information content (AvgIpc) is 3.02. The molecular weight excluding hydrogens is 520 g/mol. The van der Waals surface area contributed by atoms with E-state index in [1.165, 1.54) is 11.1 Å². The number of hydrogen-bond acceptors (Lipinski definition) is 4. The second kappa shape index (κ2) is 14.1. The number of nitrogens with zero attached hydrogens (tertiary/aromatic N) is 4. The number of hydrogen-bond donors (Lipinski definition) is 0. The lowest BCUT2D eigenvalue weighted by Gasteiger charge is -2.46. The third-order valence-corrected chi connectivity index (χ3v) is 8.95. The number of amides is 2. The predicted octanol–water partition coefficient (Wildman–Crippen LogP) is 5.73. The van der Waals surface area contributed by atoms with Crippen LogP contribution >= 0.6 is 0 Å². The molecule has 2 saturated heterocycles. The maximum atomic E-state index is 13.6. The minimum absolute atomic E-state index is 0.0281. The minimum atomic E-state index is -0.0281. The third kappa shape index (κ3) is 7.47. The van der Waals surface area contributed by atoms with Crippen LogP contribution < -0.4 is 0 Å². The van der Waals surface area contributed by atoms with Crippen molar-refractivity contribution in [1.29, 1.82) is 0 Å². The van der Waals surface area contributed by atoms with Crippen molar-refractivity contribution in [2.45, 2.75) is 51.9 Å². The highest BCUT2D eigenvalue weighted by Crippen LogP contribution is 2.34. The van der Waals surface area contributed by atoms with Crippen LogP contribution in [-0.2, 0) is 22.7 Å². The van der Waals surface area contributed by atoms with Gasteiger partial charge < -0.3 is 9.80 Å². The van der Waals surface area contributed by atoms with E-state index in [1.807, 2.05) is 60.3 Å². The van der Waals surface area contributed by atoms with Crippen LogP contribution in [0.1, 0.15) is 54.1 Å². The predicted molar refractivity (Wildman–Crippen MR) is 168 cm³/mol. The van der Waals surface area contributed by atoms with E-state index in [0.29, 0.717) is 13.1 Å². The summed E-state index contributed by atoms with van der Waals surface area (Å²) in [5.74, 6) is 0.389. The molecule has 0 spiro atoms. The molecule has 6 nitrogen and oxygen atoms in total. The van der Waals surface area contributed by atoms with Crippen LogP contribution in [0.3, 0.4) is 0 Å². The Hall–Kier alpha value is -3.48. The molecule has 2 heterocycles. The van der Waals surface area contributed by atoms with Crippen molar-refractivity contribution >= 4 is 11.8 Å². The molecule has 0 aliphatic carbocycles. The molecule has 2 atom stereocenters. The average molecular weight is 567 g/mol. The van der Waals surface area contributed by atoms with Gasteiger partial charge >= 0.3 is 0 Å². The highest BCUT2D eigenvalue weighted by Gasteiger charge is 2.38. The molecule has 0 aromatic heterocycles. The van der Waals surface area contributed by atoms with Crippen LogP contribution in [0.15, 0.2) is 84.9 Å². The van der Waals surface area contributed by atoms with Crippen molar-refractivity contribution in [3.63, 3.8) is 0 Å². The Kier molecular flexibility index (Phi) is 10.1. The number of aryl methyl sites for hydroxylation is 1. The zero-order valence-electron chi connectivity index (χ0n) is 25.5. The van der Waals surface area contributed by atoms with Gasteiger partial charge in [0.05, 0.1) is 18.0 Å². The van der Waals surface area contributed by atoms with E-state index in [9.17, 15) is 9.59 Å². The fourth-order valence-corrected chi connectivity index (χ4v) is 6.75. The number of carbonyl (C=O) groups excluding carboxylic acids is 2. The summed E-state index contributed by atoms with van der Waals surface area (Å²) in [5, 5.41) is 0. The normalized spacial score (nSPS) is 20.5. The van der Waals surface area contributed by atoms with Gasteiger partial charge in [0.1, 0.15) is 0 Å². The number of piperidine rings is 2. The Bertz CT molecular complexity index is 1220. The lowest BCUT2D eigenvalue weighted by atomic mass is 9.92. The molecule has 2 fully saturated rings. The van der Waals surface area contributed by atoms with Gasteiger partial charge in [-0.3, -0.25) is 19.4 Å². The van der Waals surface area contributed by atoms with Gasteiger partial charge in [0.2, 0.25) is 11.8 Å². The maximum Gasteiger partial charge on any atom is 0.227 e. The first-order valence-electron chi connectivity index (χ1n) is 15.5. The monoisotopic (exact) mass is 566 g/mol. The molecule has 2 aliphatic rings. The van der Waals surface area contributed by atoms with Crippen LogP contribution in [0.2, 0.25) is 0 Å². The van der Waals surface area contributed by atoms with E-state index in [4.69, 9.17) is 0 Å². The molecule has 42 heavy (non-hydrogen) atoms. The van der Waals surface area contributed by atoms with E-state index in [2.05, 4.69) is 65.3 Å². The van der Waals surface area contributed by atoms with Gasteiger partial charge in [0.25, 0.3) is 0 Å². The van der Waals surface area contributed by atoms with Crippen LogP contribution in [0.4, 0.5) is 0 Å². The Morgan fingerprint density at radius 2 is 1.12 bits per heavy atom. The summed E-state index contributed by atoms with van der Waals surface area (Å²) in [5.41, 5.74) is 4.79. The van der Waals surface area contributed by atoms with Gasteiger partial charge in [-0.1, -0.05) is 90.5 Å². The number of likely N-dealkylation sites (tertiary alicyclic amines) is 2. The molecule has 3 aromatic carbocycles. The van der Waals surface area contributed by atoms with Crippen LogP contribution in [-0.4, -0.2) is 71.7 Å². The van der Waals surface area contributed by atoms with E-state index >= 15 is 0 Å². The SMILES string of the molecule is Cc1ccc(C(N2CCCC(C(=O)N(C)Cc3ccccc3)C2)N2CCCC(C(=O)N(C)Cc3ccccc3)C2)cc1. The van der Waals surface area contributed by atoms with Gasteiger partial charge in [-0.2, -0.15) is 0 Å². The van der Waals surface area contributed by atoms with Crippen LogP contribution in [0.25, 0.3) is 0 Å². The summed E-state index contributed by atoms with van der Waals surface area (Å²) in [6.07, 6.45) is 3.87. The van der Waals surface area contributed by atoms with Crippen molar-refractivity contribution in [3.8, 4) is 0 Å². The molecule has 2 amide bonds. The first-order valence-corrected chi connectivity index (χ1v) is 15.5. The highest BCUT2D eigenvalue weighted by molar-refractivity contribution is 5.79. The quantitative estimate of drug-likeness (QED) is 0.332. The molecule has 2 unspecified atom stereocenters. The molecule has 3 aromatic rings. The largest absolute Gasteiger partial charge is 0.341 e. The van der Waals surface area contributed by atoms with Gasteiger partial charge in [-0.15, -0.1) is 0 Å². The van der Waals surface area contributed by atoms with Crippen molar-refractivity contribution < 1.29 is 9.59 Å². The van der Waals surface area contributed by atoms with Crippen molar-refractivity contribution in [3.05, 3.63) is 107 Å².